The lowest BCUT2D eigenvalue weighted by molar-refractivity contribution is 0.210. The van der Waals surface area contributed by atoms with Crippen molar-refractivity contribution in [3.8, 4) is 0 Å². The maximum atomic E-state index is 4.94. The van der Waals surface area contributed by atoms with E-state index >= 15 is 0 Å². The lowest BCUT2D eigenvalue weighted by Gasteiger charge is -2.10. The quantitative estimate of drug-likeness (QED) is 0.774. The van der Waals surface area contributed by atoms with Crippen LogP contribution in [0.15, 0.2) is 10.8 Å². The van der Waals surface area contributed by atoms with Gasteiger partial charge in [-0.1, -0.05) is 0 Å². The van der Waals surface area contributed by atoms with E-state index in [1.807, 2.05) is 6.92 Å². The van der Waals surface area contributed by atoms with Crippen molar-refractivity contribution in [3.63, 3.8) is 0 Å². The second kappa shape index (κ2) is 6.58. The van der Waals surface area contributed by atoms with Crippen LogP contribution in [0.4, 0.5) is 11.6 Å². The predicted molar refractivity (Wildman–Crippen MR) is 64.3 cm³/mol. The number of methoxy groups -OCH3 is 1. The number of nitrogens with one attached hydrogen (secondary N) is 2. The van der Waals surface area contributed by atoms with E-state index < -0.39 is 0 Å². The van der Waals surface area contributed by atoms with Crippen molar-refractivity contribution < 1.29 is 4.74 Å². The molecule has 6 heteroatoms. The van der Waals surface area contributed by atoms with Gasteiger partial charge in [-0.25, -0.2) is 9.97 Å². The van der Waals surface area contributed by atoms with Crippen LogP contribution in [0, 0.1) is 0 Å². The molecule has 0 aromatic carbocycles. The van der Waals surface area contributed by atoms with Crippen LogP contribution in [-0.4, -0.2) is 36.8 Å². The van der Waals surface area contributed by atoms with Crippen molar-refractivity contribution in [3.05, 3.63) is 10.8 Å². The van der Waals surface area contributed by atoms with Crippen molar-refractivity contribution in [1.29, 1.82) is 0 Å². The second-order valence-corrected chi connectivity index (χ2v) is 3.63. The van der Waals surface area contributed by atoms with Gasteiger partial charge in [0.1, 0.15) is 22.4 Å². The summed E-state index contributed by atoms with van der Waals surface area (Å²) in [5.74, 6) is 1.57. The molecule has 0 saturated carbocycles. The first-order chi connectivity index (χ1) is 7.29. The largest absolute Gasteiger partial charge is 0.383 e. The smallest absolute Gasteiger partial charge is 0.146 e. The Morgan fingerprint density at radius 1 is 1.33 bits per heavy atom. The zero-order valence-corrected chi connectivity index (χ0v) is 10.5. The van der Waals surface area contributed by atoms with Crippen LogP contribution in [0.2, 0.25) is 0 Å². The summed E-state index contributed by atoms with van der Waals surface area (Å²) in [6, 6.07) is 0. The van der Waals surface area contributed by atoms with E-state index in [2.05, 4.69) is 36.5 Å². The van der Waals surface area contributed by atoms with Crippen molar-refractivity contribution in [1.82, 2.24) is 9.97 Å². The fourth-order valence-corrected chi connectivity index (χ4v) is 1.54. The highest BCUT2D eigenvalue weighted by molar-refractivity contribution is 9.10. The molecule has 84 valence electrons. The lowest BCUT2D eigenvalue weighted by Crippen LogP contribution is -2.11. The minimum absolute atomic E-state index is 0.646. The zero-order valence-electron chi connectivity index (χ0n) is 8.88. The monoisotopic (exact) mass is 274 g/mol. The second-order valence-electron chi connectivity index (χ2n) is 2.83. The first kappa shape index (κ1) is 12.2. The van der Waals surface area contributed by atoms with Gasteiger partial charge in [0.25, 0.3) is 0 Å². The van der Waals surface area contributed by atoms with Crippen LogP contribution < -0.4 is 10.6 Å². The van der Waals surface area contributed by atoms with Gasteiger partial charge in [-0.15, -0.1) is 0 Å². The third-order valence-electron chi connectivity index (χ3n) is 1.73. The Balaban J connectivity index is 2.66. The molecule has 0 atom stereocenters. The van der Waals surface area contributed by atoms with Crippen LogP contribution >= 0.6 is 15.9 Å². The van der Waals surface area contributed by atoms with Gasteiger partial charge >= 0.3 is 0 Å². The molecule has 0 amide bonds. The molecule has 0 fully saturated rings. The Kier molecular flexibility index (Phi) is 5.34. The number of ether oxygens (including phenoxy) is 1. The number of halogens is 1. The van der Waals surface area contributed by atoms with Gasteiger partial charge in [0, 0.05) is 20.2 Å². The summed E-state index contributed by atoms with van der Waals surface area (Å²) in [5.41, 5.74) is 0. The van der Waals surface area contributed by atoms with Gasteiger partial charge in [-0.2, -0.15) is 0 Å². The first-order valence-corrected chi connectivity index (χ1v) is 5.56. The number of rotatable bonds is 6. The number of hydrogen-bond donors (Lipinski definition) is 2. The maximum Gasteiger partial charge on any atom is 0.146 e. The normalized spacial score (nSPS) is 10.1. The van der Waals surface area contributed by atoms with E-state index in [-0.39, 0.29) is 0 Å². The zero-order chi connectivity index (χ0) is 11.1. The maximum absolute atomic E-state index is 4.94. The van der Waals surface area contributed by atoms with Crippen molar-refractivity contribution in [2.24, 2.45) is 0 Å². The van der Waals surface area contributed by atoms with E-state index in [1.54, 1.807) is 7.11 Å². The van der Waals surface area contributed by atoms with Gasteiger partial charge in [-0.05, 0) is 22.9 Å². The standard InChI is InChI=1S/C9H15BrN4O/c1-3-11-8-7(10)9(14-6-13-8)12-4-5-15-2/h6H,3-5H2,1-2H3,(H2,11,12,13,14). The molecule has 0 aliphatic carbocycles. The van der Waals surface area contributed by atoms with Gasteiger partial charge in [0.15, 0.2) is 0 Å². The Morgan fingerprint density at radius 3 is 2.60 bits per heavy atom. The molecule has 0 saturated heterocycles. The minimum Gasteiger partial charge on any atom is -0.383 e. The topological polar surface area (TPSA) is 59.1 Å². The highest BCUT2D eigenvalue weighted by Crippen LogP contribution is 2.25. The van der Waals surface area contributed by atoms with Crippen molar-refractivity contribution in [2.45, 2.75) is 6.92 Å². The van der Waals surface area contributed by atoms with E-state index in [1.165, 1.54) is 6.33 Å². The summed E-state index contributed by atoms with van der Waals surface area (Å²) in [7, 11) is 1.67. The van der Waals surface area contributed by atoms with E-state index in [9.17, 15) is 0 Å². The van der Waals surface area contributed by atoms with Crippen LogP contribution in [0.5, 0.6) is 0 Å². The summed E-state index contributed by atoms with van der Waals surface area (Å²) in [6.07, 6.45) is 1.53. The summed E-state index contributed by atoms with van der Waals surface area (Å²) in [6.45, 7) is 4.21. The first-order valence-electron chi connectivity index (χ1n) is 4.76. The van der Waals surface area contributed by atoms with Crippen molar-refractivity contribution in [2.75, 3.05) is 37.4 Å². The van der Waals surface area contributed by atoms with Gasteiger partial charge in [0.05, 0.1) is 6.61 Å². The Bertz CT molecular complexity index is 308. The fourth-order valence-electron chi connectivity index (χ4n) is 1.06. The molecule has 1 heterocycles. The molecule has 1 aromatic heterocycles. The number of hydrogen-bond acceptors (Lipinski definition) is 5. The summed E-state index contributed by atoms with van der Waals surface area (Å²) in [4.78, 5) is 8.24. The molecule has 2 N–H and O–H groups in total. The molecular formula is C9H15BrN4O. The minimum atomic E-state index is 0.646. The van der Waals surface area contributed by atoms with E-state index in [0.717, 1.165) is 29.2 Å². The number of aromatic nitrogens is 2. The Labute approximate surface area is 97.8 Å². The molecule has 1 aromatic rings. The summed E-state index contributed by atoms with van der Waals surface area (Å²) >= 11 is 3.44. The number of anilines is 2. The fraction of sp³-hybridized carbons (Fsp3) is 0.556. The van der Waals surface area contributed by atoms with E-state index in [4.69, 9.17) is 4.74 Å². The van der Waals surface area contributed by atoms with E-state index in [0.29, 0.717) is 6.61 Å². The molecule has 0 spiro atoms. The molecule has 0 unspecified atom stereocenters. The molecule has 0 radical (unpaired) electrons. The molecule has 5 nitrogen and oxygen atoms in total. The van der Waals surface area contributed by atoms with Gasteiger partial charge in [-0.3, -0.25) is 0 Å². The highest BCUT2D eigenvalue weighted by Gasteiger charge is 2.06. The molecular weight excluding hydrogens is 260 g/mol. The average Bonchev–Trinajstić information content (AvgIpc) is 2.24. The summed E-state index contributed by atoms with van der Waals surface area (Å²) in [5, 5.41) is 6.29. The predicted octanol–water partition coefficient (Wildman–Crippen LogP) is 1.73. The van der Waals surface area contributed by atoms with Crippen LogP contribution in [0.3, 0.4) is 0 Å². The molecule has 0 aliphatic rings. The van der Waals surface area contributed by atoms with Gasteiger partial charge in [0.2, 0.25) is 0 Å². The molecule has 1 rings (SSSR count). The SMILES string of the molecule is CCNc1ncnc(NCCOC)c1Br. The third-order valence-corrected chi connectivity index (χ3v) is 2.48. The molecule has 0 bridgehead atoms. The van der Waals surface area contributed by atoms with Gasteiger partial charge < -0.3 is 15.4 Å². The molecule has 15 heavy (non-hydrogen) atoms. The van der Waals surface area contributed by atoms with Crippen LogP contribution in [0.1, 0.15) is 6.92 Å². The highest BCUT2D eigenvalue weighted by atomic mass is 79.9. The Morgan fingerprint density at radius 2 is 2.00 bits per heavy atom. The summed E-state index contributed by atoms with van der Waals surface area (Å²) < 4.78 is 5.79. The average molecular weight is 275 g/mol. The number of nitrogens with zero attached hydrogens (tertiary/aromatic N) is 2. The third kappa shape index (κ3) is 3.64. The van der Waals surface area contributed by atoms with Crippen LogP contribution in [-0.2, 0) is 4.74 Å². The van der Waals surface area contributed by atoms with Crippen LogP contribution in [0.25, 0.3) is 0 Å². The Hall–Kier alpha value is -0.880. The lowest BCUT2D eigenvalue weighted by atomic mass is 10.5. The molecule has 0 aliphatic heterocycles. The van der Waals surface area contributed by atoms with Crippen molar-refractivity contribution >= 4 is 27.6 Å².